The van der Waals surface area contributed by atoms with E-state index in [1.165, 1.54) is 5.56 Å². The molecular weight excluding hydrogens is 350 g/mol. The zero-order chi connectivity index (χ0) is 18.1. The fourth-order valence-corrected chi connectivity index (χ4v) is 3.75. The maximum atomic E-state index is 9.09. The minimum Gasteiger partial charge on any atom is -0.410 e. The third-order valence-corrected chi connectivity index (χ3v) is 5.66. The summed E-state index contributed by atoms with van der Waals surface area (Å²) in [6.45, 7) is 2.13. The first-order valence-electron chi connectivity index (χ1n) is 7.76. The van der Waals surface area contributed by atoms with Crippen LogP contribution < -0.4 is 0 Å². The predicted molar refractivity (Wildman–Crippen MR) is 108 cm³/mol. The summed E-state index contributed by atoms with van der Waals surface area (Å²) in [6, 6.07) is 17.6. The van der Waals surface area contributed by atoms with Crippen LogP contribution in [0.25, 0.3) is 0 Å². The van der Waals surface area contributed by atoms with Crippen LogP contribution in [0, 0.1) is 11.3 Å². The largest absolute Gasteiger partial charge is 0.410 e. The lowest BCUT2D eigenvalue weighted by molar-refractivity contribution is 0.320. The second kappa shape index (κ2) is 9.92. The monoisotopic (exact) mass is 369 g/mol. The number of nitriles is 1. The minimum absolute atomic E-state index is 0.0222. The molecule has 0 amide bonds. The van der Waals surface area contributed by atoms with Crippen LogP contribution in [0.2, 0.25) is 0 Å². The molecule has 25 heavy (non-hydrogen) atoms. The maximum Gasteiger partial charge on any atom is 0.187 e. The summed E-state index contributed by atoms with van der Waals surface area (Å²) in [7, 11) is 0. The van der Waals surface area contributed by atoms with Crippen molar-refractivity contribution in [2.45, 2.75) is 19.1 Å². The molecule has 0 heterocycles. The van der Waals surface area contributed by atoms with Crippen LogP contribution in [0.4, 0.5) is 5.69 Å². The molecule has 0 aromatic heterocycles. The standard InChI is InChI=1S/C19H19N3OS2/c1-3-14-8-10-16(11-9-14)21-19(24-2)25-13-15-6-4-5-7-17(15)18(12-20)22-23/h4-11,23H,3,13H2,1-2H3/b21-19?,22-18+. The van der Waals surface area contributed by atoms with Gasteiger partial charge in [-0.2, -0.15) is 5.26 Å². The molecule has 1 N–H and O–H groups in total. The Hall–Kier alpha value is -2.23. The van der Waals surface area contributed by atoms with E-state index in [0.717, 1.165) is 22.0 Å². The molecule has 0 aliphatic carbocycles. The molecule has 0 radical (unpaired) electrons. The molecule has 0 spiro atoms. The number of aryl methyl sites for hydroxylation is 1. The topological polar surface area (TPSA) is 68.7 Å². The van der Waals surface area contributed by atoms with E-state index in [0.29, 0.717) is 11.3 Å². The van der Waals surface area contributed by atoms with Crippen molar-refractivity contribution in [2.75, 3.05) is 6.26 Å². The van der Waals surface area contributed by atoms with E-state index in [9.17, 15) is 0 Å². The Morgan fingerprint density at radius 2 is 1.88 bits per heavy atom. The Morgan fingerprint density at radius 3 is 2.48 bits per heavy atom. The van der Waals surface area contributed by atoms with E-state index < -0.39 is 0 Å². The number of hydrogen-bond donors (Lipinski definition) is 1. The Bertz CT molecular complexity index is 808. The highest BCUT2D eigenvalue weighted by Crippen LogP contribution is 2.26. The summed E-state index contributed by atoms with van der Waals surface area (Å²) < 4.78 is 0.943. The number of oxime groups is 1. The molecule has 4 nitrogen and oxygen atoms in total. The maximum absolute atomic E-state index is 9.09. The molecule has 0 aliphatic heterocycles. The number of benzene rings is 2. The summed E-state index contributed by atoms with van der Waals surface area (Å²) >= 11 is 3.19. The van der Waals surface area contributed by atoms with Crippen LogP contribution in [0.3, 0.4) is 0 Å². The summed E-state index contributed by atoms with van der Waals surface area (Å²) in [6.07, 6.45) is 3.01. The Balaban J connectivity index is 2.16. The zero-order valence-corrected chi connectivity index (χ0v) is 15.8. The quantitative estimate of drug-likeness (QED) is 0.339. The van der Waals surface area contributed by atoms with E-state index in [2.05, 4.69) is 29.2 Å². The lowest BCUT2D eigenvalue weighted by Crippen LogP contribution is -2.02. The average Bonchev–Trinajstić information content (AvgIpc) is 2.67. The number of nitrogens with zero attached hydrogens (tertiary/aromatic N) is 3. The smallest absolute Gasteiger partial charge is 0.187 e. The van der Waals surface area contributed by atoms with Crippen LogP contribution in [-0.4, -0.2) is 21.6 Å². The summed E-state index contributed by atoms with van der Waals surface area (Å²) in [5, 5.41) is 21.2. The molecule has 0 fully saturated rings. The third-order valence-electron chi connectivity index (χ3n) is 3.57. The second-order valence-electron chi connectivity index (χ2n) is 5.11. The number of hydrogen-bond acceptors (Lipinski definition) is 6. The molecule has 128 valence electrons. The van der Waals surface area contributed by atoms with E-state index >= 15 is 0 Å². The van der Waals surface area contributed by atoms with Gasteiger partial charge < -0.3 is 5.21 Å². The van der Waals surface area contributed by atoms with Crippen molar-refractivity contribution in [3.63, 3.8) is 0 Å². The van der Waals surface area contributed by atoms with Crippen molar-refractivity contribution in [1.82, 2.24) is 0 Å². The Kier molecular flexibility index (Phi) is 7.58. The molecular formula is C19H19N3OS2. The highest BCUT2D eigenvalue weighted by molar-refractivity contribution is 8.38. The van der Waals surface area contributed by atoms with Gasteiger partial charge in [0.1, 0.15) is 10.4 Å². The van der Waals surface area contributed by atoms with Crippen LogP contribution in [0.5, 0.6) is 0 Å². The van der Waals surface area contributed by atoms with E-state index in [-0.39, 0.29) is 5.71 Å². The molecule has 0 unspecified atom stereocenters. The molecule has 2 rings (SSSR count). The van der Waals surface area contributed by atoms with Gasteiger partial charge in [-0.15, -0.1) is 11.8 Å². The normalized spacial score (nSPS) is 12.0. The molecule has 0 aliphatic rings. The first-order valence-corrected chi connectivity index (χ1v) is 9.97. The van der Waals surface area contributed by atoms with Crippen molar-refractivity contribution < 1.29 is 5.21 Å². The number of rotatable bonds is 5. The molecule has 2 aromatic rings. The van der Waals surface area contributed by atoms with Gasteiger partial charge in [0.05, 0.1) is 5.69 Å². The van der Waals surface area contributed by atoms with E-state index in [1.807, 2.05) is 42.7 Å². The Morgan fingerprint density at radius 1 is 1.16 bits per heavy atom. The second-order valence-corrected chi connectivity index (χ2v) is 7.13. The molecule has 6 heteroatoms. The summed E-state index contributed by atoms with van der Waals surface area (Å²) in [4.78, 5) is 4.68. The van der Waals surface area contributed by atoms with E-state index in [4.69, 9.17) is 10.5 Å². The SMILES string of the molecule is CCc1ccc(N=C(SC)SCc2ccccc2/C(C#N)=N/O)cc1. The van der Waals surface area contributed by atoms with Gasteiger partial charge >= 0.3 is 0 Å². The van der Waals surface area contributed by atoms with Gasteiger partial charge in [-0.1, -0.05) is 60.2 Å². The summed E-state index contributed by atoms with van der Waals surface area (Å²) in [5.41, 5.74) is 3.82. The van der Waals surface area contributed by atoms with Crippen molar-refractivity contribution in [2.24, 2.45) is 10.1 Å². The molecule has 0 saturated carbocycles. The van der Waals surface area contributed by atoms with Crippen LogP contribution in [0.15, 0.2) is 58.7 Å². The predicted octanol–water partition coefficient (Wildman–Crippen LogP) is 5.23. The van der Waals surface area contributed by atoms with Gasteiger partial charge in [0.2, 0.25) is 0 Å². The van der Waals surface area contributed by atoms with Crippen LogP contribution in [0.1, 0.15) is 23.6 Å². The summed E-state index contributed by atoms with van der Waals surface area (Å²) in [5.74, 6) is 0.642. The lowest BCUT2D eigenvalue weighted by Gasteiger charge is -2.08. The average molecular weight is 370 g/mol. The van der Waals surface area contributed by atoms with Crippen LogP contribution >= 0.6 is 23.5 Å². The highest BCUT2D eigenvalue weighted by Gasteiger charge is 2.10. The van der Waals surface area contributed by atoms with Gasteiger partial charge in [0.25, 0.3) is 0 Å². The lowest BCUT2D eigenvalue weighted by atomic mass is 10.1. The van der Waals surface area contributed by atoms with Gasteiger partial charge in [-0.3, -0.25) is 0 Å². The molecule has 0 atom stereocenters. The first kappa shape index (κ1) is 19.1. The van der Waals surface area contributed by atoms with Crippen molar-refractivity contribution in [1.29, 1.82) is 5.26 Å². The van der Waals surface area contributed by atoms with Gasteiger partial charge in [-0.05, 0) is 35.9 Å². The fourth-order valence-electron chi connectivity index (χ4n) is 2.20. The molecule has 0 saturated heterocycles. The molecule has 2 aromatic carbocycles. The van der Waals surface area contributed by atoms with E-state index in [1.54, 1.807) is 29.6 Å². The van der Waals surface area contributed by atoms with Crippen LogP contribution in [-0.2, 0) is 12.2 Å². The number of thioether (sulfide) groups is 2. The van der Waals surface area contributed by atoms with Crippen molar-refractivity contribution in [3.05, 3.63) is 65.2 Å². The minimum atomic E-state index is 0.0222. The third kappa shape index (κ3) is 5.38. The van der Waals surface area contributed by atoms with Gasteiger partial charge in [-0.25, -0.2) is 4.99 Å². The fraction of sp³-hybridized carbons (Fsp3) is 0.211. The number of aliphatic imine (C=N–C) groups is 1. The first-order chi connectivity index (χ1) is 12.2. The zero-order valence-electron chi connectivity index (χ0n) is 14.1. The van der Waals surface area contributed by atoms with Crippen molar-refractivity contribution >= 4 is 39.3 Å². The van der Waals surface area contributed by atoms with Crippen molar-refractivity contribution in [3.8, 4) is 6.07 Å². The Labute approximate surface area is 156 Å². The van der Waals surface area contributed by atoms with Gasteiger partial charge in [0, 0.05) is 11.3 Å². The van der Waals surface area contributed by atoms with Gasteiger partial charge in [0.15, 0.2) is 5.71 Å². The molecule has 0 bridgehead atoms. The highest BCUT2D eigenvalue weighted by atomic mass is 32.2.